The zero-order valence-corrected chi connectivity index (χ0v) is 11.7. The minimum Gasteiger partial charge on any atom is -0.489 e. The smallest absolute Gasteiger partial charge is 0.241 e. The van der Waals surface area contributed by atoms with E-state index in [2.05, 4.69) is 0 Å². The number of rotatable bonds is 5. The van der Waals surface area contributed by atoms with E-state index in [-0.39, 0.29) is 18.9 Å². The lowest BCUT2D eigenvalue weighted by atomic mass is 10.3. The maximum absolute atomic E-state index is 13.5. The van der Waals surface area contributed by atoms with Crippen LogP contribution in [0.25, 0.3) is 0 Å². The highest BCUT2D eigenvalue weighted by molar-refractivity contribution is 7.89. The second-order valence-electron chi connectivity index (χ2n) is 4.15. The Morgan fingerprint density at radius 3 is 2.45 bits per heavy atom. The molecule has 1 amide bonds. The maximum atomic E-state index is 13.5. The highest BCUT2D eigenvalue weighted by Gasteiger charge is 2.21. The number of amides is 1. The van der Waals surface area contributed by atoms with Crippen LogP contribution in [0, 0.1) is 11.6 Å². The van der Waals surface area contributed by atoms with Crippen molar-refractivity contribution in [1.29, 1.82) is 0 Å². The van der Waals surface area contributed by atoms with Crippen LogP contribution in [0.5, 0.6) is 5.75 Å². The van der Waals surface area contributed by atoms with Gasteiger partial charge in [0.25, 0.3) is 0 Å². The molecule has 1 rings (SSSR count). The molecule has 0 aliphatic heterocycles. The fourth-order valence-corrected chi connectivity index (χ4v) is 2.04. The molecular weight excluding hydrogens is 294 g/mol. The molecule has 0 aliphatic rings. The summed E-state index contributed by atoms with van der Waals surface area (Å²) in [5, 5.41) is 4.86. The third-order valence-corrected chi connectivity index (χ3v) is 3.26. The molecule has 0 spiro atoms. The molecule has 0 unspecified atom stereocenters. The van der Waals surface area contributed by atoms with Crippen molar-refractivity contribution in [3.8, 4) is 5.75 Å². The van der Waals surface area contributed by atoms with Crippen LogP contribution in [0.3, 0.4) is 0 Å². The zero-order chi connectivity index (χ0) is 15.5. The van der Waals surface area contributed by atoms with E-state index in [0.717, 1.165) is 0 Å². The van der Waals surface area contributed by atoms with E-state index in [9.17, 15) is 22.0 Å². The highest BCUT2D eigenvalue weighted by Crippen LogP contribution is 2.27. The number of hydrogen-bond donors (Lipinski definition) is 1. The second-order valence-corrected chi connectivity index (χ2v) is 5.68. The number of halogens is 2. The van der Waals surface area contributed by atoms with Gasteiger partial charge in [0.1, 0.15) is 10.7 Å². The third-order valence-electron chi connectivity index (χ3n) is 2.34. The summed E-state index contributed by atoms with van der Waals surface area (Å²) in [6, 6.07) is 1.03. The number of nitrogens with two attached hydrogens (primary N) is 1. The van der Waals surface area contributed by atoms with Crippen molar-refractivity contribution in [3.63, 3.8) is 0 Å². The van der Waals surface area contributed by atoms with E-state index in [1.54, 1.807) is 0 Å². The predicted octanol–water partition coefficient (Wildman–Crippen LogP) is 0.469. The van der Waals surface area contributed by atoms with E-state index >= 15 is 0 Å². The van der Waals surface area contributed by atoms with E-state index in [0.29, 0.717) is 12.1 Å². The predicted molar refractivity (Wildman–Crippen MR) is 66.5 cm³/mol. The molecule has 0 aromatic heterocycles. The number of hydrogen-bond acceptors (Lipinski definition) is 4. The van der Waals surface area contributed by atoms with Gasteiger partial charge < -0.3 is 9.64 Å². The molecule has 9 heteroatoms. The number of benzene rings is 1. The van der Waals surface area contributed by atoms with Crippen LogP contribution in [0.2, 0.25) is 0 Å². The molecule has 0 saturated carbocycles. The molecule has 0 bridgehead atoms. The fraction of sp³-hybridized carbons (Fsp3) is 0.364. The second kappa shape index (κ2) is 6.14. The number of carbonyl (C=O) groups excluding carboxylic acids is 1. The summed E-state index contributed by atoms with van der Waals surface area (Å²) < 4.78 is 54.0. The van der Waals surface area contributed by atoms with Crippen LogP contribution < -0.4 is 9.88 Å². The van der Waals surface area contributed by atoms with Crippen LogP contribution in [0.15, 0.2) is 17.0 Å². The van der Waals surface area contributed by atoms with Crippen LogP contribution in [-0.2, 0) is 14.8 Å². The normalized spacial score (nSPS) is 11.2. The van der Waals surface area contributed by atoms with Gasteiger partial charge >= 0.3 is 0 Å². The molecule has 1 aromatic rings. The van der Waals surface area contributed by atoms with Gasteiger partial charge in [0.2, 0.25) is 15.9 Å². The minimum absolute atomic E-state index is 0.0894. The van der Waals surface area contributed by atoms with E-state index in [4.69, 9.17) is 9.88 Å². The molecule has 0 aliphatic carbocycles. The molecule has 0 saturated heterocycles. The lowest BCUT2D eigenvalue weighted by Gasteiger charge is -2.13. The van der Waals surface area contributed by atoms with E-state index in [1.807, 2.05) is 0 Å². The van der Waals surface area contributed by atoms with Crippen molar-refractivity contribution in [3.05, 3.63) is 23.8 Å². The monoisotopic (exact) mass is 308 g/mol. The van der Waals surface area contributed by atoms with E-state index in [1.165, 1.54) is 19.0 Å². The molecule has 0 fully saturated rings. The van der Waals surface area contributed by atoms with Gasteiger partial charge in [-0.25, -0.2) is 22.3 Å². The Balaban J connectivity index is 2.98. The Labute approximate surface area is 115 Å². The first-order valence-corrected chi connectivity index (χ1v) is 7.02. The van der Waals surface area contributed by atoms with Crippen molar-refractivity contribution in [1.82, 2.24) is 4.90 Å². The summed E-state index contributed by atoms with van der Waals surface area (Å²) in [7, 11) is -1.30. The molecule has 0 radical (unpaired) electrons. The zero-order valence-electron chi connectivity index (χ0n) is 10.9. The quantitative estimate of drug-likeness (QED) is 0.856. The van der Waals surface area contributed by atoms with Gasteiger partial charge in [0.05, 0.1) is 13.0 Å². The Bertz CT molecular complexity index is 617. The molecule has 6 nitrogen and oxygen atoms in total. The maximum Gasteiger partial charge on any atom is 0.241 e. The summed E-state index contributed by atoms with van der Waals surface area (Å²) in [6.07, 6.45) is -0.0894. The first-order valence-electron chi connectivity index (χ1n) is 5.47. The third kappa shape index (κ3) is 4.14. The molecule has 0 heterocycles. The average Bonchev–Trinajstić information content (AvgIpc) is 2.29. The number of carbonyl (C=O) groups is 1. The summed E-state index contributed by atoms with van der Waals surface area (Å²) in [6.45, 7) is -0.262. The van der Waals surface area contributed by atoms with Gasteiger partial charge in [-0.1, -0.05) is 0 Å². The number of nitrogens with zero attached hydrogens (tertiary/aromatic N) is 1. The standard InChI is InChI=1S/C11H14F2N2O4S/c1-15(2)10(16)3-4-19-11-8(13)5-7(12)6-9(11)20(14,17)18/h5-6H,3-4H2,1-2H3,(H2,14,17,18). The van der Waals surface area contributed by atoms with Crippen molar-refractivity contribution in [2.45, 2.75) is 11.3 Å². The summed E-state index contributed by atoms with van der Waals surface area (Å²) in [5.41, 5.74) is 0. The van der Waals surface area contributed by atoms with Gasteiger partial charge in [-0.3, -0.25) is 4.79 Å². The van der Waals surface area contributed by atoms with Gasteiger partial charge in [0, 0.05) is 20.2 Å². The molecule has 112 valence electrons. The lowest BCUT2D eigenvalue weighted by Crippen LogP contribution is -2.24. The van der Waals surface area contributed by atoms with Crippen molar-refractivity contribution >= 4 is 15.9 Å². The Morgan fingerprint density at radius 1 is 1.35 bits per heavy atom. The minimum atomic E-state index is -4.35. The first-order chi connectivity index (χ1) is 9.12. The van der Waals surface area contributed by atoms with Gasteiger partial charge in [-0.05, 0) is 6.07 Å². The number of ether oxygens (including phenoxy) is 1. The van der Waals surface area contributed by atoms with Gasteiger partial charge in [-0.15, -0.1) is 0 Å². The summed E-state index contributed by atoms with van der Waals surface area (Å²) in [5.74, 6) is -3.28. The van der Waals surface area contributed by atoms with Gasteiger partial charge in [-0.2, -0.15) is 0 Å². The highest BCUT2D eigenvalue weighted by atomic mass is 32.2. The molecule has 0 atom stereocenters. The topological polar surface area (TPSA) is 89.7 Å². The van der Waals surface area contributed by atoms with Crippen LogP contribution in [0.1, 0.15) is 6.42 Å². The Hall–Kier alpha value is -1.74. The molecule has 2 N–H and O–H groups in total. The number of sulfonamides is 1. The molecular formula is C11H14F2N2O4S. The Kier molecular flexibility index (Phi) is 5.01. The summed E-state index contributed by atoms with van der Waals surface area (Å²) >= 11 is 0. The van der Waals surface area contributed by atoms with Crippen molar-refractivity contribution in [2.75, 3.05) is 20.7 Å². The van der Waals surface area contributed by atoms with Gasteiger partial charge in [0.15, 0.2) is 11.6 Å². The van der Waals surface area contributed by atoms with Crippen molar-refractivity contribution < 1.29 is 26.7 Å². The Morgan fingerprint density at radius 2 is 1.95 bits per heavy atom. The van der Waals surface area contributed by atoms with E-state index < -0.39 is 32.3 Å². The average molecular weight is 308 g/mol. The SMILES string of the molecule is CN(C)C(=O)CCOc1c(F)cc(F)cc1S(N)(=O)=O. The number of primary sulfonamides is 1. The fourth-order valence-electron chi connectivity index (χ4n) is 1.35. The largest absolute Gasteiger partial charge is 0.489 e. The lowest BCUT2D eigenvalue weighted by molar-refractivity contribution is -0.129. The van der Waals surface area contributed by atoms with Crippen LogP contribution >= 0.6 is 0 Å². The van der Waals surface area contributed by atoms with Crippen molar-refractivity contribution in [2.24, 2.45) is 5.14 Å². The summed E-state index contributed by atoms with van der Waals surface area (Å²) in [4.78, 5) is 11.8. The first kappa shape index (κ1) is 16.3. The molecule has 1 aromatic carbocycles. The van der Waals surface area contributed by atoms with Crippen LogP contribution in [0.4, 0.5) is 8.78 Å². The molecule has 20 heavy (non-hydrogen) atoms. The van der Waals surface area contributed by atoms with Crippen LogP contribution in [-0.4, -0.2) is 39.9 Å².